The topological polar surface area (TPSA) is 59.8 Å². The van der Waals surface area contributed by atoms with Gasteiger partial charge in [0, 0.05) is 25.3 Å². The number of nitrogens with one attached hydrogen (secondary N) is 1. The molecule has 1 heterocycles. The average molecular weight is 327 g/mol. The van der Waals surface area contributed by atoms with E-state index in [9.17, 15) is 0 Å². The van der Waals surface area contributed by atoms with Gasteiger partial charge >= 0.3 is 0 Å². The lowest BCUT2D eigenvalue weighted by Crippen LogP contribution is -2.32. The van der Waals surface area contributed by atoms with Crippen LogP contribution in [0.5, 0.6) is 11.5 Å². The largest absolute Gasteiger partial charge is 0.493 e. The van der Waals surface area contributed by atoms with Gasteiger partial charge in [-0.25, -0.2) is 0 Å². The van der Waals surface area contributed by atoms with Gasteiger partial charge in [0.15, 0.2) is 11.5 Å². The third kappa shape index (κ3) is 3.63. The summed E-state index contributed by atoms with van der Waals surface area (Å²) in [6.45, 7) is 3.08. The number of benzene rings is 2. The average Bonchev–Trinajstić information content (AvgIpc) is 2.65. The summed E-state index contributed by atoms with van der Waals surface area (Å²) in [6, 6.07) is 12.5. The molecule has 0 amide bonds. The van der Waals surface area contributed by atoms with Gasteiger partial charge in [0.05, 0.1) is 14.2 Å². The van der Waals surface area contributed by atoms with Gasteiger partial charge in [-0.3, -0.25) is 10.7 Å². The first kappa shape index (κ1) is 16.6. The molecule has 2 aromatic carbocycles. The number of ether oxygens (including phenoxy) is 2. The Labute approximate surface area is 143 Å². The number of hydrogen-bond acceptors (Lipinski definition) is 5. The van der Waals surface area contributed by atoms with E-state index in [-0.39, 0.29) is 0 Å². The van der Waals surface area contributed by atoms with Crippen LogP contribution in [0.25, 0.3) is 0 Å². The van der Waals surface area contributed by atoms with Crippen molar-refractivity contribution >= 4 is 5.69 Å². The molecule has 0 saturated heterocycles. The van der Waals surface area contributed by atoms with Crippen molar-refractivity contribution in [1.82, 2.24) is 4.90 Å². The van der Waals surface area contributed by atoms with E-state index in [0.29, 0.717) is 0 Å². The molecule has 0 bridgehead atoms. The number of nitrogens with zero attached hydrogens (tertiary/aromatic N) is 1. The monoisotopic (exact) mass is 327 g/mol. The summed E-state index contributed by atoms with van der Waals surface area (Å²) in [7, 11) is 3.37. The van der Waals surface area contributed by atoms with Crippen molar-refractivity contribution in [2.75, 3.05) is 32.7 Å². The molecule has 0 aliphatic carbocycles. The Morgan fingerprint density at radius 2 is 1.71 bits per heavy atom. The number of nitrogens with two attached hydrogens (primary N) is 1. The zero-order valence-electron chi connectivity index (χ0n) is 14.3. The molecular weight excluding hydrogens is 302 g/mol. The van der Waals surface area contributed by atoms with E-state index < -0.39 is 0 Å². The molecule has 0 fully saturated rings. The molecule has 0 atom stereocenters. The molecule has 0 radical (unpaired) electrons. The van der Waals surface area contributed by atoms with Crippen LogP contribution >= 0.6 is 0 Å². The summed E-state index contributed by atoms with van der Waals surface area (Å²) >= 11 is 0. The van der Waals surface area contributed by atoms with Crippen LogP contribution in [-0.4, -0.2) is 32.2 Å². The van der Waals surface area contributed by atoms with Gasteiger partial charge in [-0.05, 0) is 53.8 Å². The van der Waals surface area contributed by atoms with E-state index in [4.69, 9.17) is 15.3 Å². The molecular formula is C19H25N3O2. The zero-order valence-corrected chi connectivity index (χ0v) is 14.3. The van der Waals surface area contributed by atoms with E-state index >= 15 is 0 Å². The van der Waals surface area contributed by atoms with Gasteiger partial charge in [-0.15, -0.1) is 0 Å². The molecule has 5 nitrogen and oxygen atoms in total. The smallest absolute Gasteiger partial charge is 0.161 e. The Morgan fingerprint density at radius 1 is 1.04 bits per heavy atom. The number of hydrazine groups is 1. The highest BCUT2D eigenvalue weighted by molar-refractivity contribution is 5.48. The van der Waals surface area contributed by atoms with Crippen LogP contribution in [0.4, 0.5) is 5.69 Å². The quantitative estimate of drug-likeness (QED) is 0.631. The molecule has 0 unspecified atom stereocenters. The van der Waals surface area contributed by atoms with E-state index in [1.54, 1.807) is 14.2 Å². The van der Waals surface area contributed by atoms with Gasteiger partial charge in [-0.2, -0.15) is 0 Å². The molecule has 0 aromatic heterocycles. The van der Waals surface area contributed by atoms with Crippen LogP contribution < -0.4 is 20.7 Å². The Hall–Kier alpha value is -2.24. The molecule has 24 heavy (non-hydrogen) atoms. The number of methoxy groups -OCH3 is 2. The lowest BCUT2D eigenvalue weighted by Gasteiger charge is -2.29. The first-order valence-corrected chi connectivity index (χ1v) is 8.25. The van der Waals surface area contributed by atoms with Crippen LogP contribution in [0.15, 0.2) is 36.4 Å². The molecule has 1 aliphatic rings. The highest BCUT2D eigenvalue weighted by Crippen LogP contribution is 2.33. The third-order valence-corrected chi connectivity index (χ3v) is 4.63. The van der Waals surface area contributed by atoms with Crippen LogP contribution in [0.1, 0.15) is 16.7 Å². The summed E-state index contributed by atoms with van der Waals surface area (Å²) in [4.78, 5) is 2.49. The molecule has 1 aliphatic heterocycles. The normalized spacial score (nSPS) is 14.1. The lowest BCUT2D eigenvalue weighted by atomic mass is 9.98. The number of fused-ring (bicyclic) bond motifs is 1. The number of nitrogen functional groups attached to an aromatic ring is 1. The second kappa shape index (κ2) is 7.55. The van der Waals surface area contributed by atoms with Gasteiger partial charge in [-0.1, -0.05) is 12.1 Å². The van der Waals surface area contributed by atoms with Crippen LogP contribution in [0.2, 0.25) is 0 Å². The molecule has 2 aromatic rings. The Bertz CT molecular complexity index is 686. The second-order valence-electron chi connectivity index (χ2n) is 6.09. The first-order chi connectivity index (χ1) is 11.7. The van der Waals surface area contributed by atoms with Crippen molar-refractivity contribution < 1.29 is 9.47 Å². The predicted molar refractivity (Wildman–Crippen MR) is 96.5 cm³/mol. The summed E-state index contributed by atoms with van der Waals surface area (Å²) in [5, 5.41) is 0. The maximum Gasteiger partial charge on any atom is 0.161 e. The molecule has 3 N–H and O–H groups in total. The Morgan fingerprint density at radius 3 is 2.33 bits per heavy atom. The van der Waals surface area contributed by atoms with Crippen LogP contribution in [0.3, 0.4) is 0 Å². The highest BCUT2D eigenvalue weighted by Gasteiger charge is 2.19. The van der Waals surface area contributed by atoms with E-state index in [1.807, 2.05) is 12.1 Å². The summed E-state index contributed by atoms with van der Waals surface area (Å²) in [5.41, 5.74) is 7.62. The molecule has 0 spiro atoms. The fourth-order valence-corrected chi connectivity index (χ4v) is 3.19. The predicted octanol–water partition coefficient (Wildman–Crippen LogP) is 2.59. The SMILES string of the molecule is COc1cc2c(cc1OC)CN(CCc1ccc(NN)cc1)CC2. The maximum absolute atomic E-state index is 5.43. The number of anilines is 1. The van der Waals surface area contributed by atoms with Crippen molar-refractivity contribution in [3.05, 3.63) is 53.1 Å². The Balaban J connectivity index is 1.64. The standard InChI is InChI=1S/C19H25N3O2/c1-23-18-11-15-8-10-22(13-16(15)12-19(18)24-2)9-7-14-3-5-17(21-20)6-4-14/h3-6,11-12,21H,7-10,13,20H2,1-2H3. The third-order valence-electron chi connectivity index (χ3n) is 4.63. The van der Waals surface area contributed by atoms with Gasteiger partial charge in [0.2, 0.25) is 0 Å². The zero-order chi connectivity index (χ0) is 16.9. The van der Waals surface area contributed by atoms with E-state index in [0.717, 1.165) is 49.7 Å². The van der Waals surface area contributed by atoms with Crippen LogP contribution in [0, 0.1) is 0 Å². The fraction of sp³-hybridized carbons (Fsp3) is 0.368. The van der Waals surface area contributed by atoms with Gasteiger partial charge < -0.3 is 14.9 Å². The summed E-state index contributed by atoms with van der Waals surface area (Å²) < 4.78 is 10.8. The minimum Gasteiger partial charge on any atom is -0.493 e. The first-order valence-electron chi connectivity index (χ1n) is 8.25. The maximum atomic E-state index is 5.43. The van der Waals surface area contributed by atoms with Crippen LogP contribution in [-0.2, 0) is 19.4 Å². The van der Waals surface area contributed by atoms with E-state index in [1.165, 1.54) is 16.7 Å². The second-order valence-corrected chi connectivity index (χ2v) is 6.09. The Kier molecular flexibility index (Phi) is 5.23. The minimum absolute atomic E-state index is 0.808. The van der Waals surface area contributed by atoms with Crippen molar-refractivity contribution in [2.45, 2.75) is 19.4 Å². The van der Waals surface area contributed by atoms with Gasteiger partial charge in [0.1, 0.15) is 0 Å². The van der Waals surface area contributed by atoms with E-state index in [2.05, 4.69) is 34.6 Å². The summed E-state index contributed by atoms with van der Waals surface area (Å²) in [5.74, 6) is 7.03. The molecule has 3 rings (SSSR count). The number of rotatable bonds is 6. The summed E-state index contributed by atoms with van der Waals surface area (Å²) in [6.07, 6.45) is 2.08. The number of hydrogen-bond donors (Lipinski definition) is 2. The lowest BCUT2D eigenvalue weighted by molar-refractivity contribution is 0.255. The minimum atomic E-state index is 0.808. The van der Waals surface area contributed by atoms with Crippen molar-refractivity contribution in [1.29, 1.82) is 0 Å². The highest BCUT2D eigenvalue weighted by atomic mass is 16.5. The van der Waals surface area contributed by atoms with Crippen molar-refractivity contribution in [2.24, 2.45) is 5.84 Å². The van der Waals surface area contributed by atoms with Gasteiger partial charge in [0.25, 0.3) is 0 Å². The fourth-order valence-electron chi connectivity index (χ4n) is 3.19. The molecule has 5 heteroatoms. The van der Waals surface area contributed by atoms with Crippen molar-refractivity contribution in [3.63, 3.8) is 0 Å². The molecule has 128 valence electrons. The molecule has 0 saturated carbocycles. The van der Waals surface area contributed by atoms with Crippen molar-refractivity contribution in [3.8, 4) is 11.5 Å².